The van der Waals surface area contributed by atoms with Crippen LogP contribution < -0.4 is 10.1 Å². The smallest absolute Gasteiger partial charge is 0.291 e. The Morgan fingerprint density at radius 1 is 0.964 bits per heavy atom. The first-order chi connectivity index (χ1) is 13.3. The van der Waals surface area contributed by atoms with Gasteiger partial charge in [0.1, 0.15) is 18.2 Å². The molecule has 0 saturated carbocycles. The number of furan rings is 1. The molecule has 0 unspecified atom stereocenters. The molecule has 0 spiro atoms. The molecule has 4 nitrogen and oxygen atoms in total. The number of nitrogens with one attached hydrogen (secondary N) is 1. The van der Waals surface area contributed by atoms with Gasteiger partial charge in [0, 0.05) is 6.07 Å². The van der Waals surface area contributed by atoms with Crippen molar-refractivity contribution in [1.29, 1.82) is 0 Å². The number of carbonyl (C=O) groups excluding carboxylic acids is 1. The number of hydrogen-bond acceptors (Lipinski definition) is 3. The van der Waals surface area contributed by atoms with E-state index in [0.29, 0.717) is 0 Å². The van der Waals surface area contributed by atoms with Crippen LogP contribution >= 0.6 is 0 Å². The van der Waals surface area contributed by atoms with Crippen LogP contribution in [0.3, 0.4) is 0 Å². The zero-order valence-corrected chi connectivity index (χ0v) is 14.3. The number of anilines is 1. The second-order valence-corrected chi connectivity index (χ2v) is 5.79. The number of benzene rings is 2. The molecule has 1 amide bonds. The molecule has 3 aromatic rings. The van der Waals surface area contributed by atoms with Crippen LogP contribution in [-0.4, -0.2) is 5.91 Å². The average molecular weight is 397 g/mol. The van der Waals surface area contributed by atoms with Gasteiger partial charge in [-0.25, -0.2) is 13.2 Å². The number of carbonyl (C=O) groups is 1. The number of amides is 1. The monoisotopic (exact) mass is 397 g/mol. The fourth-order valence-electron chi connectivity index (χ4n) is 2.32. The number of halogens is 5. The molecule has 1 N–H and O–H groups in total. The minimum atomic E-state index is -1.70. The summed E-state index contributed by atoms with van der Waals surface area (Å²) in [5, 5.41) is 2.32. The van der Waals surface area contributed by atoms with Gasteiger partial charge in [-0.2, -0.15) is 8.78 Å². The molecule has 0 aliphatic carbocycles. The van der Waals surface area contributed by atoms with E-state index < -0.39 is 47.3 Å². The Hall–Kier alpha value is -3.36. The normalized spacial score (nSPS) is 10.8. The molecule has 0 fully saturated rings. The molecule has 1 heterocycles. The molecular weight excluding hydrogens is 385 g/mol. The lowest BCUT2D eigenvalue weighted by molar-refractivity contribution is 0.0991. The predicted molar refractivity (Wildman–Crippen MR) is 88.4 cm³/mol. The fourth-order valence-corrected chi connectivity index (χ4v) is 2.32. The lowest BCUT2D eigenvalue weighted by Crippen LogP contribution is -2.12. The molecular formula is C19H12F5NO3. The van der Waals surface area contributed by atoms with Gasteiger partial charge in [0.2, 0.25) is 11.6 Å². The highest BCUT2D eigenvalue weighted by Gasteiger charge is 2.21. The van der Waals surface area contributed by atoms with Crippen LogP contribution in [0.2, 0.25) is 0 Å². The van der Waals surface area contributed by atoms with E-state index in [1.54, 1.807) is 6.92 Å². The van der Waals surface area contributed by atoms with Crippen LogP contribution in [0, 0.1) is 36.0 Å². The van der Waals surface area contributed by atoms with Gasteiger partial charge in [-0.15, -0.1) is 0 Å². The van der Waals surface area contributed by atoms with Gasteiger partial charge in [-0.05, 0) is 36.8 Å². The van der Waals surface area contributed by atoms with E-state index in [1.807, 2.05) is 0 Å². The summed E-state index contributed by atoms with van der Waals surface area (Å²) in [4.78, 5) is 12.1. The second-order valence-electron chi connectivity index (χ2n) is 5.79. The first kappa shape index (κ1) is 19.4. The van der Waals surface area contributed by atoms with E-state index in [2.05, 4.69) is 5.32 Å². The summed E-state index contributed by atoms with van der Waals surface area (Å²) in [5.74, 6) is -9.58. The Labute approximate surface area is 155 Å². The highest BCUT2D eigenvalue weighted by atomic mass is 19.2. The van der Waals surface area contributed by atoms with Crippen LogP contribution in [0.4, 0.5) is 27.6 Å². The van der Waals surface area contributed by atoms with Gasteiger partial charge in [0.15, 0.2) is 23.1 Å². The summed E-state index contributed by atoms with van der Waals surface area (Å²) in [6.07, 6.45) is 0. The van der Waals surface area contributed by atoms with Crippen molar-refractivity contribution in [2.75, 3.05) is 5.32 Å². The van der Waals surface area contributed by atoms with Crippen molar-refractivity contribution >= 4 is 11.6 Å². The molecule has 2 aromatic carbocycles. The number of rotatable bonds is 5. The lowest BCUT2D eigenvalue weighted by atomic mass is 10.2. The summed E-state index contributed by atoms with van der Waals surface area (Å²) < 4.78 is 77.0. The fraction of sp³-hybridized carbons (Fsp3) is 0.105. The zero-order chi connectivity index (χ0) is 20.4. The van der Waals surface area contributed by atoms with Crippen molar-refractivity contribution in [3.05, 3.63) is 82.6 Å². The second kappa shape index (κ2) is 7.71. The van der Waals surface area contributed by atoms with Crippen molar-refractivity contribution < 1.29 is 35.9 Å². The molecule has 0 saturated heterocycles. The molecule has 9 heteroatoms. The topological polar surface area (TPSA) is 51.5 Å². The first-order valence-corrected chi connectivity index (χ1v) is 7.88. The molecule has 3 rings (SSSR count). The standard InChI is InChI=1S/C19H12F5NO3/c1-9-2-4-11(20)14(6-9)25-19(26)15-5-3-10(28-15)8-27-18-16(23)12(21)7-13(22)17(18)24/h2-7H,8H2,1H3,(H,25,26). The van der Waals surface area contributed by atoms with Gasteiger partial charge < -0.3 is 14.5 Å². The maximum absolute atomic E-state index is 13.7. The minimum Gasteiger partial charge on any atom is -0.479 e. The van der Waals surface area contributed by atoms with E-state index in [1.165, 1.54) is 30.3 Å². The van der Waals surface area contributed by atoms with Crippen molar-refractivity contribution in [1.82, 2.24) is 0 Å². The third-order valence-electron chi connectivity index (χ3n) is 3.69. The number of hydrogen-bond donors (Lipinski definition) is 1. The van der Waals surface area contributed by atoms with Gasteiger partial charge in [-0.3, -0.25) is 4.79 Å². The highest BCUT2D eigenvalue weighted by Crippen LogP contribution is 2.27. The molecule has 146 valence electrons. The van der Waals surface area contributed by atoms with Crippen LogP contribution in [0.1, 0.15) is 21.9 Å². The lowest BCUT2D eigenvalue weighted by Gasteiger charge is -2.08. The maximum atomic E-state index is 13.7. The summed E-state index contributed by atoms with van der Waals surface area (Å²) in [6.45, 7) is 1.10. The molecule has 0 aliphatic heterocycles. The quantitative estimate of drug-likeness (QED) is 0.481. The molecule has 28 heavy (non-hydrogen) atoms. The Bertz CT molecular complexity index is 1020. The van der Waals surface area contributed by atoms with Crippen LogP contribution in [0.15, 0.2) is 40.8 Å². The molecule has 0 bridgehead atoms. The summed E-state index contributed by atoms with van der Waals surface area (Å²) in [6, 6.07) is 6.67. The Morgan fingerprint density at radius 3 is 2.32 bits per heavy atom. The van der Waals surface area contributed by atoms with E-state index in [9.17, 15) is 26.7 Å². The van der Waals surface area contributed by atoms with E-state index in [0.717, 1.165) is 5.56 Å². The van der Waals surface area contributed by atoms with E-state index >= 15 is 0 Å². The average Bonchev–Trinajstić information content (AvgIpc) is 3.12. The minimum absolute atomic E-state index is 0.0529. The number of ether oxygens (including phenoxy) is 1. The van der Waals surface area contributed by atoms with E-state index in [-0.39, 0.29) is 23.3 Å². The molecule has 0 atom stereocenters. The zero-order valence-electron chi connectivity index (χ0n) is 14.3. The SMILES string of the molecule is Cc1ccc(F)c(NC(=O)c2ccc(COc3c(F)c(F)cc(F)c3F)o2)c1. The van der Waals surface area contributed by atoms with Crippen molar-refractivity contribution in [2.24, 2.45) is 0 Å². The first-order valence-electron chi connectivity index (χ1n) is 7.88. The van der Waals surface area contributed by atoms with Crippen molar-refractivity contribution in [3.8, 4) is 5.75 Å². The van der Waals surface area contributed by atoms with E-state index in [4.69, 9.17) is 9.15 Å². The van der Waals surface area contributed by atoms with Gasteiger partial charge in [0.05, 0.1) is 5.69 Å². The highest BCUT2D eigenvalue weighted by molar-refractivity contribution is 6.02. The van der Waals surface area contributed by atoms with Crippen LogP contribution in [0.5, 0.6) is 5.75 Å². The van der Waals surface area contributed by atoms with Crippen molar-refractivity contribution in [2.45, 2.75) is 13.5 Å². The largest absolute Gasteiger partial charge is 0.479 e. The third-order valence-corrected chi connectivity index (χ3v) is 3.69. The van der Waals surface area contributed by atoms with Gasteiger partial charge >= 0.3 is 0 Å². The summed E-state index contributed by atoms with van der Waals surface area (Å²) >= 11 is 0. The maximum Gasteiger partial charge on any atom is 0.291 e. The molecule has 1 aromatic heterocycles. The van der Waals surface area contributed by atoms with Crippen LogP contribution in [0.25, 0.3) is 0 Å². The Kier molecular flexibility index (Phi) is 5.34. The molecule has 0 aliphatic rings. The van der Waals surface area contributed by atoms with Gasteiger partial charge in [-0.1, -0.05) is 6.07 Å². The van der Waals surface area contributed by atoms with Crippen molar-refractivity contribution in [3.63, 3.8) is 0 Å². The number of aryl methyl sites for hydroxylation is 1. The third kappa shape index (κ3) is 3.98. The summed E-state index contributed by atoms with van der Waals surface area (Å²) in [5.41, 5.74) is 0.662. The van der Waals surface area contributed by atoms with Gasteiger partial charge in [0.25, 0.3) is 5.91 Å². The summed E-state index contributed by atoms with van der Waals surface area (Å²) in [7, 11) is 0. The Balaban J connectivity index is 1.71. The van der Waals surface area contributed by atoms with Crippen LogP contribution in [-0.2, 0) is 6.61 Å². The Morgan fingerprint density at radius 2 is 1.64 bits per heavy atom. The predicted octanol–water partition coefficient (Wildman–Crippen LogP) is 5.11. The molecule has 0 radical (unpaired) electrons.